The zero-order valence-corrected chi connectivity index (χ0v) is 12.6. The van der Waals surface area contributed by atoms with Gasteiger partial charge >= 0.3 is 0 Å². The molecule has 0 fully saturated rings. The van der Waals surface area contributed by atoms with Gasteiger partial charge in [-0.05, 0) is 47.2 Å². The number of amidine groups is 1. The number of benzene rings is 1. The van der Waals surface area contributed by atoms with Gasteiger partial charge in [0.15, 0.2) is 5.17 Å². The Morgan fingerprint density at radius 2 is 2.44 bits per heavy atom. The van der Waals surface area contributed by atoms with Crippen LogP contribution < -0.4 is 5.32 Å². The fraction of sp³-hybridized carbons (Fsp3) is 0.364. The van der Waals surface area contributed by atoms with E-state index in [1.54, 1.807) is 0 Å². The third kappa shape index (κ3) is 3.05. The Kier molecular flexibility index (Phi) is 4.38. The summed E-state index contributed by atoms with van der Waals surface area (Å²) in [4.78, 5) is 4.48. The van der Waals surface area contributed by atoms with E-state index >= 15 is 0 Å². The van der Waals surface area contributed by atoms with E-state index in [2.05, 4.69) is 39.8 Å². The number of nitrogens with one attached hydrogen (secondary N) is 1. The monoisotopic (exact) mass is 366 g/mol. The predicted molar refractivity (Wildman–Crippen MR) is 81.8 cm³/mol. The minimum atomic E-state index is 0.632. The summed E-state index contributed by atoms with van der Waals surface area (Å²) in [5, 5.41) is 5.77. The summed E-state index contributed by atoms with van der Waals surface area (Å²) in [6.07, 6.45) is 1.16. The minimum absolute atomic E-state index is 0.632. The lowest BCUT2D eigenvalue weighted by molar-refractivity contribution is 0.843. The molecule has 0 aliphatic carbocycles. The molecule has 0 saturated carbocycles. The Hall–Kier alpha value is 0.0600. The third-order valence-electron chi connectivity index (χ3n) is 2.34. The van der Waals surface area contributed by atoms with Gasteiger partial charge < -0.3 is 5.32 Å². The van der Waals surface area contributed by atoms with E-state index in [9.17, 15) is 0 Å². The number of anilines is 1. The Morgan fingerprint density at radius 1 is 1.62 bits per heavy atom. The van der Waals surface area contributed by atoms with Crippen molar-refractivity contribution in [2.24, 2.45) is 4.99 Å². The maximum Gasteiger partial charge on any atom is 0.161 e. The summed E-state index contributed by atoms with van der Waals surface area (Å²) in [6, 6.07) is 5.83. The molecule has 1 heterocycles. The maximum atomic E-state index is 5.91. The molecule has 1 aromatic carbocycles. The smallest absolute Gasteiger partial charge is 0.161 e. The number of rotatable bonds is 2. The molecule has 1 aromatic rings. The molecule has 86 valence electrons. The minimum Gasteiger partial charge on any atom is -0.334 e. The first-order valence-corrected chi connectivity index (χ1v) is 7.46. The molecular weight excluding hydrogens is 355 g/mol. The molecule has 1 aliphatic rings. The lowest BCUT2D eigenvalue weighted by Crippen LogP contribution is -2.07. The zero-order valence-electron chi connectivity index (χ0n) is 8.84. The average Bonchev–Trinajstić information content (AvgIpc) is 2.70. The van der Waals surface area contributed by atoms with Gasteiger partial charge in [-0.1, -0.05) is 30.3 Å². The average molecular weight is 367 g/mol. The van der Waals surface area contributed by atoms with Crippen LogP contribution in [0.25, 0.3) is 0 Å². The van der Waals surface area contributed by atoms with Crippen LogP contribution in [0.4, 0.5) is 5.69 Å². The molecule has 1 aliphatic heterocycles. The largest absolute Gasteiger partial charge is 0.334 e. The second-order valence-electron chi connectivity index (χ2n) is 3.54. The molecule has 0 spiro atoms. The van der Waals surface area contributed by atoms with Gasteiger partial charge in [0, 0.05) is 13.8 Å². The van der Waals surface area contributed by atoms with Gasteiger partial charge in [-0.15, -0.1) is 0 Å². The van der Waals surface area contributed by atoms with Gasteiger partial charge in [0.05, 0.1) is 12.2 Å². The van der Waals surface area contributed by atoms with Crippen LogP contribution in [-0.2, 0) is 0 Å². The summed E-state index contributed by atoms with van der Waals surface area (Å²) in [5.41, 5.74) is 1.08. The normalized spacial score (nSPS) is 19.7. The van der Waals surface area contributed by atoms with E-state index in [0.29, 0.717) is 5.25 Å². The van der Waals surface area contributed by atoms with Crippen molar-refractivity contribution in [1.82, 2.24) is 0 Å². The summed E-state index contributed by atoms with van der Waals surface area (Å²) in [5.74, 6) is 0. The van der Waals surface area contributed by atoms with Crippen LogP contribution >= 0.6 is 46.0 Å². The molecule has 1 N–H and O–H groups in total. The highest BCUT2D eigenvalue weighted by Crippen LogP contribution is 2.27. The molecule has 0 radical (unpaired) electrons. The van der Waals surface area contributed by atoms with Crippen molar-refractivity contribution in [3.63, 3.8) is 0 Å². The van der Waals surface area contributed by atoms with Crippen molar-refractivity contribution in [3.05, 3.63) is 26.8 Å². The lowest BCUT2D eigenvalue weighted by Gasteiger charge is -2.09. The van der Waals surface area contributed by atoms with Gasteiger partial charge in [-0.3, -0.25) is 4.99 Å². The molecular formula is C11H12ClIN2S. The fourth-order valence-corrected chi connectivity index (χ4v) is 3.36. The van der Waals surface area contributed by atoms with Crippen LogP contribution in [0.2, 0.25) is 5.02 Å². The van der Waals surface area contributed by atoms with Crippen molar-refractivity contribution in [3.8, 4) is 0 Å². The van der Waals surface area contributed by atoms with Crippen LogP contribution in [0.5, 0.6) is 0 Å². The highest BCUT2D eigenvalue weighted by atomic mass is 127. The van der Waals surface area contributed by atoms with Crippen molar-refractivity contribution in [1.29, 1.82) is 0 Å². The van der Waals surface area contributed by atoms with Crippen LogP contribution in [-0.4, -0.2) is 17.0 Å². The molecule has 16 heavy (non-hydrogen) atoms. The molecule has 0 saturated heterocycles. The van der Waals surface area contributed by atoms with E-state index in [-0.39, 0.29) is 0 Å². The van der Waals surface area contributed by atoms with Crippen molar-refractivity contribution in [2.75, 3.05) is 11.9 Å². The topological polar surface area (TPSA) is 24.4 Å². The predicted octanol–water partition coefficient (Wildman–Crippen LogP) is 4.24. The van der Waals surface area contributed by atoms with Gasteiger partial charge in [0.1, 0.15) is 0 Å². The van der Waals surface area contributed by atoms with Gasteiger partial charge in [-0.2, -0.15) is 0 Å². The van der Waals surface area contributed by atoms with Gasteiger partial charge in [0.25, 0.3) is 0 Å². The molecule has 5 heteroatoms. The van der Waals surface area contributed by atoms with E-state index in [1.807, 2.05) is 30.0 Å². The number of nitrogens with zero attached hydrogens (tertiary/aromatic N) is 1. The van der Waals surface area contributed by atoms with E-state index in [1.165, 1.54) is 0 Å². The quantitative estimate of drug-likeness (QED) is 0.792. The van der Waals surface area contributed by atoms with E-state index in [4.69, 9.17) is 11.6 Å². The molecule has 0 amide bonds. The summed E-state index contributed by atoms with van der Waals surface area (Å²) < 4.78 is 1.12. The van der Waals surface area contributed by atoms with Crippen molar-refractivity contribution in [2.45, 2.75) is 18.6 Å². The molecule has 2 nitrogen and oxygen atoms in total. The Bertz CT molecular complexity index is 422. The number of hydrogen-bond donors (Lipinski definition) is 1. The SMILES string of the molecule is CCC1CN=C(Nc2ccc(Cl)cc2I)S1. The summed E-state index contributed by atoms with van der Waals surface area (Å²) in [7, 11) is 0. The molecule has 1 atom stereocenters. The number of halogens is 2. The van der Waals surface area contributed by atoms with Gasteiger partial charge in [-0.25, -0.2) is 0 Å². The highest BCUT2D eigenvalue weighted by Gasteiger charge is 2.18. The summed E-state index contributed by atoms with van der Waals surface area (Å²) >= 11 is 10.0. The first-order chi connectivity index (χ1) is 7.69. The van der Waals surface area contributed by atoms with Crippen LogP contribution in [0.1, 0.15) is 13.3 Å². The first-order valence-electron chi connectivity index (χ1n) is 5.12. The van der Waals surface area contributed by atoms with Crippen LogP contribution in [0, 0.1) is 3.57 Å². The second kappa shape index (κ2) is 5.60. The molecule has 1 unspecified atom stereocenters. The van der Waals surface area contributed by atoms with Crippen LogP contribution in [0.15, 0.2) is 23.2 Å². The molecule has 0 aromatic heterocycles. The molecule has 0 bridgehead atoms. The zero-order chi connectivity index (χ0) is 11.5. The highest BCUT2D eigenvalue weighted by molar-refractivity contribution is 14.1. The Morgan fingerprint density at radius 3 is 3.06 bits per heavy atom. The molecule has 2 rings (SSSR count). The standard InChI is InChI=1S/C11H12ClIN2S/c1-2-8-6-14-11(16-8)15-10-4-3-7(12)5-9(10)13/h3-5,8H,2,6H2,1H3,(H,14,15). The fourth-order valence-electron chi connectivity index (χ4n) is 1.40. The number of thioether (sulfide) groups is 1. The first kappa shape index (κ1) is 12.5. The maximum absolute atomic E-state index is 5.91. The lowest BCUT2D eigenvalue weighted by atomic mass is 10.3. The number of hydrogen-bond acceptors (Lipinski definition) is 3. The second-order valence-corrected chi connectivity index (χ2v) is 6.43. The van der Waals surface area contributed by atoms with Crippen molar-refractivity contribution < 1.29 is 0 Å². The summed E-state index contributed by atoms with van der Waals surface area (Å²) in [6.45, 7) is 3.12. The van der Waals surface area contributed by atoms with Crippen molar-refractivity contribution >= 4 is 56.8 Å². The Balaban J connectivity index is 2.05. The number of aliphatic imine (C=N–C) groups is 1. The van der Waals surface area contributed by atoms with Crippen LogP contribution in [0.3, 0.4) is 0 Å². The third-order valence-corrected chi connectivity index (χ3v) is 4.74. The van der Waals surface area contributed by atoms with E-state index in [0.717, 1.165) is 32.4 Å². The van der Waals surface area contributed by atoms with E-state index < -0.39 is 0 Å². The Labute approximate surface area is 118 Å². The van der Waals surface area contributed by atoms with Gasteiger partial charge in [0.2, 0.25) is 0 Å².